The Kier molecular flexibility index (Phi) is 4.38. The Morgan fingerprint density at radius 1 is 1.25 bits per heavy atom. The van der Waals surface area contributed by atoms with E-state index in [2.05, 4.69) is 21.7 Å². The molecule has 0 radical (unpaired) electrons. The highest BCUT2D eigenvalue weighted by Gasteiger charge is 2.17. The van der Waals surface area contributed by atoms with Gasteiger partial charge in [-0.25, -0.2) is 0 Å². The molecule has 0 fully saturated rings. The summed E-state index contributed by atoms with van der Waals surface area (Å²) in [7, 11) is 0. The van der Waals surface area contributed by atoms with E-state index in [0.717, 1.165) is 10.0 Å². The summed E-state index contributed by atoms with van der Waals surface area (Å²) in [6.07, 6.45) is 0. The molecule has 0 bridgehead atoms. The van der Waals surface area contributed by atoms with Gasteiger partial charge in [-0.1, -0.05) is 29.0 Å². The van der Waals surface area contributed by atoms with Crippen LogP contribution in [0.3, 0.4) is 0 Å². The van der Waals surface area contributed by atoms with E-state index in [1.165, 1.54) is 21.1 Å². The normalized spacial score (nSPS) is 12.7. The number of aromatic nitrogens is 1. The minimum Gasteiger partial charge on any atom is -0.315 e. The quantitative estimate of drug-likeness (QED) is 0.733. The van der Waals surface area contributed by atoms with Crippen LogP contribution in [-0.2, 0) is 6.54 Å². The van der Waals surface area contributed by atoms with E-state index in [-0.39, 0.29) is 10.9 Å². The third-order valence-electron chi connectivity index (χ3n) is 2.77. The Bertz CT molecular complexity index is 729. The highest BCUT2D eigenvalue weighted by Crippen LogP contribution is 2.33. The fourth-order valence-electron chi connectivity index (χ4n) is 1.89. The second-order valence-corrected chi connectivity index (χ2v) is 7.71. The summed E-state index contributed by atoms with van der Waals surface area (Å²) in [4.78, 5) is 16.4. The van der Waals surface area contributed by atoms with Gasteiger partial charge in [0.15, 0.2) is 0 Å². The largest absolute Gasteiger partial charge is 0.315 e. The van der Waals surface area contributed by atoms with E-state index in [1.54, 1.807) is 22.7 Å². The molecule has 0 aliphatic heterocycles. The molecule has 104 valence electrons. The fraction of sp³-hybridized carbons (Fsp3) is 0.154. The van der Waals surface area contributed by atoms with Crippen molar-refractivity contribution in [2.75, 3.05) is 0 Å². The number of hydrogen-bond acceptors (Lipinski definition) is 5. The first kappa shape index (κ1) is 14.0. The summed E-state index contributed by atoms with van der Waals surface area (Å²) in [5.41, 5.74) is 0.907. The van der Waals surface area contributed by atoms with E-state index >= 15 is 0 Å². The number of aromatic amines is 1. The standard InChI is InChI=1S/C13H11ClN2OS3/c14-11-4-3-10(20-11)12(9-2-1-5-18-9)15-6-8-7-19-13(17)16-8/h1-5,7,12,15H,6H2,(H,16,17). The van der Waals surface area contributed by atoms with Gasteiger partial charge < -0.3 is 4.98 Å². The van der Waals surface area contributed by atoms with Gasteiger partial charge in [0, 0.05) is 27.4 Å². The van der Waals surface area contributed by atoms with Gasteiger partial charge >= 0.3 is 4.87 Å². The van der Waals surface area contributed by atoms with Crippen LogP contribution >= 0.6 is 45.6 Å². The third-order valence-corrected chi connectivity index (χ3v) is 5.73. The van der Waals surface area contributed by atoms with Crippen molar-refractivity contribution in [3.05, 3.63) is 64.5 Å². The predicted molar refractivity (Wildman–Crippen MR) is 87.3 cm³/mol. The molecular weight excluding hydrogens is 332 g/mol. The fourth-order valence-corrected chi connectivity index (χ4v) is 4.52. The zero-order chi connectivity index (χ0) is 13.9. The highest BCUT2D eigenvalue weighted by atomic mass is 35.5. The molecule has 0 spiro atoms. The Morgan fingerprint density at radius 3 is 2.75 bits per heavy atom. The second-order valence-electron chi connectivity index (χ2n) is 4.14. The molecule has 3 rings (SSSR count). The summed E-state index contributed by atoms with van der Waals surface area (Å²) in [6, 6.07) is 8.20. The van der Waals surface area contributed by atoms with Crippen molar-refractivity contribution in [2.45, 2.75) is 12.6 Å². The van der Waals surface area contributed by atoms with Gasteiger partial charge in [0.25, 0.3) is 0 Å². The summed E-state index contributed by atoms with van der Waals surface area (Å²) in [5.74, 6) is 0. The lowest BCUT2D eigenvalue weighted by molar-refractivity contribution is 0.613. The minimum atomic E-state index is -0.0198. The van der Waals surface area contributed by atoms with Crippen LogP contribution in [0.15, 0.2) is 39.8 Å². The van der Waals surface area contributed by atoms with E-state index in [0.29, 0.717) is 6.54 Å². The summed E-state index contributed by atoms with van der Waals surface area (Å²) in [5, 5.41) is 7.39. The van der Waals surface area contributed by atoms with Crippen molar-refractivity contribution >= 4 is 45.6 Å². The van der Waals surface area contributed by atoms with Gasteiger partial charge in [-0.3, -0.25) is 10.1 Å². The second kappa shape index (κ2) is 6.24. The van der Waals surface area contributed by atoms with Crippen LogP contribution in [0, 0.1) is 0 Å². The van der Waals surface area contributed by atoms with E-state index < -0.39 is 0 Å². The van der Waals surface area contributed by atoms with Gasteiger partial charge in [-0.05, 0) is 23.6 Å². The Balaban J connectivity index is 1.81. The Labute approximate surface area is 132 Å². The van der Waals surface area contributed by atoms with Crippen LogP contribution in [0.1, 0.15) is 21.5 Å². The van der Waals surface area contributed by atoms with Crippen LogP contribution < -0.4 is 10.2 Å². The maximum atomic E-state index is 11.2. The zero-order valence-corrected chi connectivity index (χ0v) is 13.5. The number of hydrogen-bond donors (Lipinski definition) is 2. The van der Waals surface area contributed by atoms with Gasteiger partial charge in [-0.15, -0.1) is 22.7 Å². The SMILES string of the molecule is O=c1[nH]c(CNC(c2cccs2)c2ccc(Cl)s2)cs1. The molecule has 0 saturated carbocycles. The molecule has 3 heterocycles. The lowest BCUT2D eigenvalue weighted by atomic mass is 10.2. The first-order chi connectivity index (χ1) is 9.72. The average Bonchev–Trinajstić information content (AvgIpc) is 3.13. The summed E-state index contributed by atoms with van der Waals surface area (Å²) < 4.78 is 0.785. The van der Waals surface area contributed by atoms with E-state index in [1.807, 2.05) is 23.6 Å². The summed E-state index contributed by atoms with van der Waals surface area (Å²) in [6.45, 7) is 0.622. The number of H-pyrrole nitrogens is 1. The molecule has 20 heavy (non-hydrogen) atoms. The van der Waals surface area contributed by atoms with Crippen molar-refractivity contribution in [2.24, 2.45) is 0 Å². The molecule has 0 aromatic carbocycles. The first-order valence-electron chi connectivity index (χ1n) is 5.91. The number of halogens is 1. The van der Waals surface area contributed by atoms with Crippen molar-refractivity contribution < 1.29 is 0 Å². The highest BCUT2D eigenvalue weighted by molar-refractivity contribution is 7.16. The number of nitrogens with one attached hydrogen (secondary N) is 2. The lowest BCUT2D eigenvalue weighted by Crippen LogP contribution is -2.20. The molecule has 7 heteroatoms. The van der Waals surface area contributed by atoms with Crippen molar-refractivity contribution in [1.29, 1.82) is 0 Å². The monoisotopic (exact) mass is 342 g/mol. The maximum absolute atomic E-state index is 11.2. The van der Waals surface area contributed by atoms with Crippen molar-refractivity contribution in [1.82, 2.24) is 10.3 Å². The third kappa shape index (κ3) is 3.21. The minimum absolute atomic E-state index is 0.0198. The zero-order valence-electron chi connectivity index (χ0n) is 10.3. The molecule has 3 nitrogen and oxygen atoms in total. The molecule has 3 aromatic rings. The molecule has 1 atom stereocenters. The molecule has 0 saturated heterocycles. The molecule has 0 aliphatic rings. The maximum Gasteiger partial charge on any atom is 0.304 e. The van der Waals surface area contributed by atoms with Crippen LogP contribution in [0.5, 0.6) is 0 Å². The molecule has 0 aliphatic carbocycles. The molecule has 1 unspecified atom stereocenters. The van der Waals surface area contributed by atoms with E-state index in [9.17, 15) is 4.79 Å². The van der Waals surface area contributed by atoms with E-state index in [4.69, 9.17) is 11.6 Å². The van der Waals surface area contributed by atoms with Crippen LogP contribution in [-0.4, -0.2) is 4.98 Å². The van der Waals surface area contributed by atoms with Crippen LogP contribution in [0.4, 0.5) is 0 Å². The topological polar surface area (TPSA) is 44.9 Å². The molecule has 3 aromatic heterocycles. The van der Waals surface area contributed by atoms with Crippen LogP contribution in [0.25, 0.3) is 0 Å². The predicted octanol–water partition coefficient (Wildman–Crippen LogP) is 4.09. The lowest BCUT2D eigenvalue weighted by Gasteiger charge is -2.15. The van der Waals surface area contributed by atoms with Crippen LogP contribution in [0.2, 0.25) is 4.34 Å². The Morgan fingerprint density at radius 2 is 2.15 bits per heavy atom. The van der Waals surface area contributed by atoms with Gasteiger partial charge in [-0.2, -0.15) is 0 Å². The summed E-state index contributed by atoms with van der Waals surface area (Å²) >= 11 is 10.5. The smallest absolute Gasteiger partial charge is 0.304 e. The van der Waals surface area contributed by atoms with Gasteiger partial charge in [0.2, 0.25) is 0 Å². The number of rotatable bonds is 5. The van der Waals surface area contributed by atoms with Crippen molar-refractivity contribution in [3.63, 3.8) is 0 Å². The van der Waals surface area contributed by atoms with Gasteiger partial charge in [0.05, 0.1) is 10.4 Å². The number of thiophene rings is 2. The first-order valence-corrected chi connectivity index (χ1v) is 8.86. The molecule has 2 N–H and O–H groups in total. The van der Waals surface area contributed by atoms with Crippen molar-refractivity contribution in [3.8, 4) is 0 Å². The molecule has 0 amide bonds. The average molecular weight is 343 g/mol. The molecular formula is C13H11ClN2OS3. The number of thiazole rings is 1. The Hall–Kier alpha value is -0.920. The van der Waals surface area contributed by atoms with Gasteiger partial charge in [0.1, 0.15) is 0 Å².